The second-order valence-electron chi connectivity index (χ2n) is 5.71. The van der Waals surface area contributed by atoms with Crippen LogP contribution < -0.4 is 10.6 Å². The van der Waals surface area contributed by atoms with E-state index in [0.29, 0.717) is 6.04 Å². The van der Waals surface area contributed by atoms with Gasteiger partial charge in [0, 0.05) is 23.8 Å². The summed E-state index contributed by atoms with van der Waals surface area (Å²) in [6.07, 6.45) is 8.43. The molecular formula is C16H22N2O. The SMILES string of the molecule is O=C(NC1CCCCCC1)c1ccc2c(c1)CCN2. The predicted octanol–water partition coefficient (Wildman–Crippen LogP) is 3.11. The Morgan fingerprint density at radius 1 is 1.16 bits per heavy atom. The minimum Gasteiger partial charge on any atom is -0.384 e. The molecule has 0 aromatic heterocycles. The zero-order chi connectivity index (χ0) is 13.1. The van der Waals surface area contributed by atoms with E-state index in [9.17, 15) is 4.79 Å². The molecule has 1 aromatic rings. The molecule has 0 spiro atoms. The molecule has 102 valence electrons. The summed E-state index contributed by atoms with van der Waals surface area (Å²) in [6.45, 7) is 0.989. The first-order valence-corrected chi connectivity index (χ1v) is 7.50. The molecule has 1 aliphatic heterocycles. The fourth-order valence-corrected chi connectivity index (χ4v) is 3.14. The smallest absolute Gasteiger partial charge is 0.251 e. The van der Waals surface area contributed by atoms with E-state index in [0.717, 1.165) is 31.4 Å². The Kier molecular flexibility index (Phi) is 3.72. The van der Waals surface area contributed by atoms with Crippen LogP contribution in [0.15, 0.2) is 18.2 Å². The average Bonchev–Trinajstić information content (AvgIpc) is 2.75. The van der Waals surface area contributed by atoms with Crippen molar-refractivity contribution in [1.29, 1.82) is 0 Å². The largest absolute Gasteiger partial charge is 0.384 e. The van der Waals surface area contributed by atoms with Gasteiger partial charge in [-0.25, -0.2) is 0 Å². The number of benzene rings is 1. The van der Waals surface area contributed by atoms with Crippen molar-refractivity contribution in [1.82, 2.24) is 5.32 Å². The summed E-state index contributed by atoms with van der Waals surface area (Å²) < 4.78 is 0. The van der Waals surface area contributed by atoms with Gasteiger partial charge in [0.25, 0.3) is 5.91 Å². The number of fused-ring (bicyclic) bond motifs is 1. The summed E-state index contributed by atoms with van der Waals surface area (Å²) in [5.74, 6) is 0.0987. The van der Waals surface area contributed by atoms with Crippen LogP contribution in [-0.4, -0.2) is 18.5 Å². The van der Waals surface area contributed by atoms with Crippen molar-refractivity contribution in [2.24, 2.45) is 0 Å². The third kappa shape index (κ3) is 2.91. The fraction of sp³-hybridized carbons (Fsp3) is 0.562. The minimum absolute atomic E-state index is 0.0987. The van der Waals surface area contributed by atoms with Crippen molar-refractivity contribution in [2.75, 3.05) is 11.9 Å². The van der Waals surface area contributed by atoms with Crippen LogP contribution in [0.25, 0.3) is 0 Å². The lowest BCUT2D eigenvalue weighted by molar-refractivity contribution is 0.0933. The van der Waals surface area contributed by atoms with Crippen molar-refractivity contribution >= 4 is 11.6 Å². The summed E-state index contributed by atoms with van der Waals surface area (Å²) >= 11 is 0. The number of hydrogen-bond donors (Lipinski definition) is 2. The Labute approximate surface area is 114 Å². The number of nitrogens with one attached hydrogen (secondary N) is 2. The van der Waals surface area contributed by atoms with Crippen LogP contribution in [-0.2, 0) is 6.42 Å². The van der Waals surface area contributed by atoms with Crippen LogP contribution in [0.5, 0.6) is 0 Å². The minimum atomic E-state index is 0.0987. The average molecular weight is 258 g/mol. The van der Waals surface area contributed by atoms with Crippen LogP contribution in [0.2, 0.25) is 0 Å². The van der Waals surface area contributed by atoms with E-state index in [1.165, 1.54) is 36.9 Å². The predicted molar refractivity (Wildman–Crippen MR) is 77.6 cm³/mol. The van der Waals surface area contributed by atoms with Crippen LogP contribution in [0.1, 0.15) is 54.4 Å². The van der Waals surface area contributed by atoms with Crippen molar-refractivity contribution < 1.29 is 4.79 Å². The van der Waals surface area contributed by atoms with Crippen LogP contribution in [0, 0.1) is 0 Å². The van der Waals surface area contributed by atoms with Gasteiger partial charge < -0.3 is 10.6 Å². The molecule has 2 N–H and O–H groups in total. The van der Waals surface area contributed by atoms with E-state index < -0.39 is 0 Å². The molecule has 3 nitrogen and oxygen atoms in total. The molecule has 1 saturated carbocycles. The highest BCUT2D eigenvalue weighted by Gasteiger charge is 2.17. The van der Waals surface area contributed by atoms with E-state index in [-0.39, 0.29) is 5.91 Å². The quantitative estimate of drug-likeness (QED) is 0.800. The van der Waals surface area contributed by atoms with E-state index in [4.69, 9.17) is 0 Å². The molecule has 1 heterocycles. The number of rotatable bonds is 2. The number of carbonyl (C=O) groups is 1. The molecule has 2 aliphatic rings. The molecule has 0 radical (unpaired) electrons. The summed E-state index contributed by atoms with van der Waals surface area (Å²) in [5.41, 5.74) is 3.27. The lowest BCUT2D eigenvalue weighted by atomic mass is 10.1. The molecular weight excluding hydrogens is 236 g/mol. The zero-order valence-electron chi connectivity index (χ0n) is 11.4. The van der Waals surface area contributed by atoms with Gasteiger partial charge in [0.15, 0.2) is 0 Å². The third-order valence-electron chi connectivity index (χ3n) is 4.27. The van der Waals surface area contributed by atoms with E-state index in [1.807, 2.05) is 18.2 Å². The van der Waals surface area contributed by atoms with Gasteiger partial charge in [0.05, 0.1) is 0 Å². The Bertz CT molecular complexity index is 462. The van der Waals surface area contributed by atoms with Gasteiger partial charge >= 0.3 is 0 Å². The Morgan fingerprint density at radius 2 is 1.95 bits per heavy atom. The first-order chi connectivity index (χ1) is 9.33. The van der Waals surface area contributed by atoms with Gasteiger partial charge in [-0.05, 0) is 43.0 Å². The van der Waals surface area contributed by atoms with Crippen molar-refractivity contribution in [2.45, 2.75) is 51.0 Å². The molecule has 0 atom stereocenters. The fourth-order valence-electron chi connectivity index (χ4n) is 3.14. The second kappa shape index (κ2) is 5.64. The van der Waals surface area contributed by atoms with E-state index >= 15 is 0 Å². The molecule has 19 heavy (non-hydrogen) atoms. The number of carbonyl (C=O) groups excluding carboxylic acids is 1. The molecule has 3 heteroatoms. The highest BCUT2D eigenvalue weighted by molar-refractivity contribution is 5.95. The number of anilines is 1. The van der Waals surface area contributed by atoms with Crippen molar-refractivity contribution in [3.8, 4) is 0 Å². The first-order valence-electron chi connectivity index (χ1n) is 7.50. The third-order valence-corrected chi connectivity index (χ3v) is 4.27. The molecule has 0 bridgehead atoms. The van der Waals surface area contributed by atoms with Crippen LogP contribution >= 0.6 is 0 Å². The van der Waals surface area contributed by atoms with Crippen molar-refractivity contribution in [3.63, 3.8) is 0 Å². The molecule has 3 rings (SSSR count). The lowest BCUT2D eigenvalue weighted by Crippen LogP contribution is -2.34. The molecule has 1 aliphatic carbocycles. The van der Waals surface area contributed by atoms with Crippen LogP contribution in [0.4, 0.5) is 5.69 Å². The Morgan fingerprint density at radius 3 is 2.74 bits per heavy atom. The first kappa shape index (κ1) is 12.5. The standard InChI is InChI=1S/C16H22N2O/c19-16(18-14-5-3-1-2-4-6-14)13-7-8-15-12(11-13)9-10-17-15/h7-8,11,14,17H,1-6,9-10H2,(H,18,19). The van der Waals surface area contributed by atoms with Gasteiger partial charge in [-0.15, -0.1) is 0 Å². The molecule has 1 aromatic carbocycles. The van der Waals surface area contributed by atoms with E-state index in [1.54, 1.807) is 0 Å². The molecule has 0 unspecified atom stereocenters. The molecule has 0 saturated heterocycles. The normalized spacial score (nSPS) is 19.4. The van der Waals surface area contributed by atoms with Gasteiger partial charge in [-0.3, -0.25) is 4.79 Å². The number of amides is 1. The Balaban J connectivity index is 1.66. The highest BCUT2D eigenvalue weighted by Crippen LogP contribution is 2.23. The summed E-state index contributed by atoms with van der Waals surface area (Å²) in [6, 6.07) is 6.39. The lowest BCUT2D eigenvalue weighted by Gasteiger charge is -2.16. The van der Waals surface area contributed by atoms with Gasteiger partial charge in [0.2, 0.25) is 0 Å². The van der Waals surface area contributed by atoms with E-state index in [2.05, 4.69) is 10.6 Å². The highest BCUT2D eigenvalue weighted by atomic mass is 16.1. The Hall–Kier alpha value is -1.51. The monoisotopic (exact) mass is 258 g/mol. The second-order valence-corrected chi connectivity index (χ2v) is 5.71. The summed E-state index contributed by atoms with van der Waals surface area (Å²) in [7, 11) is 0. The zero-order valence-corrected chi connectivity index (χ0v) is 11.4. The maximum Gasteiger partial charge on any atom is 0.251 e. The number of hydrogen-bond acceptors (Lipinski definition) is 2. The molecule has 1 fully saturated rings. The maximum absolute atomic E-state index is 12.3. The van der Waals surface area contributed by atoms with Crippen LogP contribution in [0.3, 0.4) is 0 Å². The summed E-state index contributed by atoms with van der Waals surface area (Å²) in [4.78, 5) is 12.3. The molecule has 1 amide bonds. The van der Waals surface area contributed by atoms with Gasteiger partial charge in [-0.1, -0.05) is 25.7 Å². The maximum atomic E-state index is 12.3. The summed E-state index contributed by atoms with van der Waals surface area (Å²) in [5, 5.41) is 6.53. The van der Waals surface area contributed by atoms with Crippen molar-refractivity contribution in [3.05, 3.63) is 29.3 Å². The van der Waals surface area contributed by atoms with Gasteiger partial charge in [-0.2, -0.15) is 0 Å². The topological polar surface area (TPSA) is 41.1 Å². The van der Waals surface area contributed by atoms with Gasteiger partial charge in [0.1, 0.15) is 0 Å².